The largest absolute Gasteiger partial charge is 0.284 e. The summed E-state index contributed by atoms with van der Waals surface area (Å²) in [6.07, 6.45) is 7.06. The SMILES string of the molecule is c1ccc(-n2ccnc2-n2nnc3cnccc32)cc1. The number of rotatable bonds is 2. The van der Waals surface area contributed by atoms with Gasteiger partial charge in [-0.25, -0.2) is 4.98 Å². The normalized spacial score (nSPS) is 11.0. The van der Waals surface area contributed by atoms with E-state index in [-0.39, 0.29) is 0 Å². The number of hydrogen-bond acceptors (Lipinski definition) is 4. The van der Waals surface area contributed by atoms with Gasteiger partial charge in [-0.15, -0.1) is 5.10 Å². The molecule has 0 saturated heterocycles. The Morgan fingerprint density at radius 1 is 0.950 bits per heavy atom. The van der Waals surface area contributed by atoms with Crippen molar-refractivity contribution in [2.24, 2.45) is 0 Å². The first-order chi connectivity index (χ1) is 9.93. The molecule has 0 aliphatic rings. The Hall–Kier alpha value is -3.02. The van der Waals surface area contributed by atoms with Crippen LogP contribution in [-0.2, 0) is 0 Å². The standard InChI is InChI=1S/C14H10N6/c1-2-4-11(5-3-1)19-9-8-16-14(19)20-13-6-7-15-10-12(13)17-18-20/h1-10H. The van der Waals surface area contributed by atoms with E-state index >= 15 is 0 Å². The summed E-state index contributed by atoms with van der Waals surface area (Å²) < 4.78 is 3.68. The van der Waals surface area contributed by atoms with Crippen LogP contribution in [0.3, 0.4) is 0 Å². The summed E-state index contributed by atoms with van der Waals surface area (Å²) in [5.74, 6) is 0.699. The van der Waals surface area contributed by atoms with Gasteiger partial charge in [-0.3, -0.25) is 9.55 Å². The topological polar surface area (TPSA) is 61.4 Å². The van der Waals surface area contributed by atoms with Crippen LogP contribution in [0.15, 0.2) is 61.2 Å². The molecule has 0 unspecified atom stereocenters. The second-order valence-electron chi connectivity index (χ2n) is 4.30. The molecule has 0 bridgehead atoms. The molecule has 0 atom stereocenters. The summed E-state index contributed by atoms with van der Waals surface area (Å²) in [6.45, 7) is 0. The van der Waals surface area contributed by atoms with Crippen LogP contribution in [0.4, 0.5) is 0 Å². The van der Waals surface area contributed by atoms with Crippen molar-refractivity contribution in [3.05, 3.63) is 61.2 Å². The summed E-state index contributed by atoms with van der Waals surface area (Å²) in [5.41, 5.74) is 2.65. The van der Waals surface area contributed by atoms with Crippen LogP contribution in [0.5, 0.6) is 0 Å². The molecule has 0 radical (unpaired) electrons. The Labute approximate surface area is 114 Å². The minimum absolute atomic E-state index is 0.699. The Morgan fingerprint density at radius 3 is 2.75 bits per heavy atom. The minimum Gasteiger partial charge on any atom is -0.284 e. The van der Waals surface area contributed by atoms with E-state index in [1.165, 1.54) is 0 Å². The fourth-order valence-electron chi connectivity index (χ4n) is 2.17. The number of benzene rings is 1. The molecule has 3 heterocycles. The lowest BCUT2D eigenvalue weighted by molar-refractivity contribution is 0.760. The average Bonchev–Trinajstić information content (AvgIpc) is 3.14. The maximum absolute atomic E-state index is 4.39. The van der Waals surface area contributed by atoms with Gasteiger partial charge in [-0.05, 0) is 18.2 Å². The summed E-state index contributed by atoms with van der Waals surface area (Å²) in [6, 6.07) is 11.9. The Bertz CT molecular complexity index is 861. The Morgan fingerprint density at radius 2 is 1.85 bits per heavy atom. The molecular formula is C14H10N6. The lowest BCUT2D eigenvalue weighted by atomic mass is 10.3. The smallest absolute Gasteiger partial charge is 0.237 e. The number of aromatic nitrogens is 6. The second-order valence-corrected chi connectivity index (χ2v) is 4.30. The predicted molar refractivity (Wildman–Crippen MR) is 73.8 cm³/mol. The summed E-state index contributed by atoms with van der Waals surface area (Å²) in [4.78, 5) is 8.43. The molecule has 96 valence electrons. The number of hydrogen-bond donors (Lipinski definition) is 0. The third kappa shape index (κ3) is 1.58. The summed E-state index contributed by atoms with van der Waals surface area (Å²) in [7, 11) is 0. The van der Waals surface area contributed by atoms with Crippen molar-refractivity contribution in [1.29, 1.82) is 0 Å². The highest BCUT2D eigenvalue weighted by Gasteiger charge is 2.12. The molecule has 3 aromatic heterocycles. The molecular weight excluding hydrogens is 252 g/mol. The molecule has 0 fully saturated rings. The van der Waals surface area contributed by atoms with Crippen molar-refractivity contribution in [3.63, 3.8) is 0 Å². The van der Waals surface area contributed by atoms with Crippen molar-refractivity contribution < 1.29 is 0 Å². The number of fused-ring (bicyclic) bond motifs is 1. The lowest BCUT2D eigenvalue weighted by Crippen LogP contribution is -2.06. The van der Waals surface area contributed by atoms with E-state index < -0.39 is 0 Å². The predicted octanol–water partition coefficient (Wildman–Crippen LogP) is 2.00. The van der Waals surface area contributed by atoms with Crippen molar-refractivity contribution >= 4 is 11.0 Å². The van der Waals surface area contributed by atoms with E-state index in [2.05, 4.69) is 20.3 Å². The fraction of sp³-hybridized carbons (Fsp3) is 0. The molecule has 0 aliphatic carbocycles. The van der Waals surface area contributed by atoms with E-state index in [0.29, 0.717) is 5.95 Å². The van der Waals surface area contributed by atoms with Gasteiger partial charge in [0.2, 0.25) is 5.95 Å². The Balaban J connectivity index is 1.94. The maximum Gasteiger partial charge on any atom is 0.237 e. The maximum atomic E-state index is 4.39. The van der Waals surface area contributed by atoms with E-state index in [1.54, 1.807) is 23.3 Å². The van der Waals surface area contributed by atoms with Crippen molar-refractivity contribution in [2.45, 2.75) is 0 Å². The average molecular weight is 262 g/mol. The lowest BCUT2D eigenvalue weighted by Gasteiger charge is -2.07. The van der Waals surface area contributed by atoms with E-state index in [1.807, 2.05) is 47.2 Å². The van der Waals surface area contributed by atoms with Gasteiger partial charge in [0.25, 0.3) is 0 Å². The zero-order valence-corrected chi connectivity index (χ0v) is 10.5. The molecule has 0 spiro atoms. The third-order valence-corrected chi connectivity index (χ3v) is 3.09. The molecule has 1 aromatic carbocycles. The second kappa shape index (κ2) is 4.27. The number of nitrogens with zero attached hydrogens (tertiary/aromatic N) is 6. The molecule has 0 N–H and O–H groups in total. The third-order valence-electron chi connectivity index (χ3n) is 3.09. The van der Waals surface area contributed by atoms with Gasteiger partial charge in [-0.1, -0.05) is 23.4 Å². The van der Waals surface area contributed by atoms with E-state index in [4.69, 9.17) is 0 Å². The molecule has 6 nitrogen and oxygen atoms in total. The molecule has 4 aromatic rings. The highest BCUT2D eigenvalue weighted by atomic mass is 15.5. The van der Waals surface area contributed by atoms with Gasteiger partial charge in [-0.2, -0.15) is 4.68 Å². The van der Waals surface area contributed by atoms with Gasteiger partial charge in [0.1, 0.15) is 11.0 Å². The van der Waals surface area contributed by atoms with Crippen molar-refractivity contribution in [1.82, 2.24) is 29.5 Å². The monoisotopic (exact) mass is 262 g/mol. The van der Waals surface area contributed by atoms with E-state index in [0.717, 1.165) is 16.7 Å². The molecule has 0 saturated carbocycles. The first-order valence-corrected chi connectivity index (χ1v) is 6.18. The van der Waals surface area contributed by atoms with Crippen LogP contribution in [0, 0.1) is 0 Å². The van der Waals surface area contributed by atoms with Crippen LogP contribution >= 0.6 is 0 Å². The molecule has 20 heavy (non-hydrogen) atoms. The van der Waals surface area contributed by atoms with Gasteiger partial charge >= 0.3 is 0 Å². The molecule has 0 amide bonds. The quantitative estimate of drug-likeness (QED) is 0.554. The minimum atomic E-state index is 0.699. The fourth-order valence-corrected chi connectivity index (χ4v) is 2.17. The molecule has 0 aliphatic heterocycles. The first kappa shape index (κ1) is 10.9. The van der Waals surface area contributed by atoms with Crippen molar-refractivity contribution in [3.8, 4) is 11.6 Å². The van der Waals surface area contributed by atoms with Gasteiger partial charge in [0.05, 0.1) is 6.20 Å². The van der Waals surface area contributed by atoms with Crippen LogP contribution in [0.1, 0.15) is 0 Å². The highest BCUT2D eigenvalue weighted by molar-refractivity contribution is 5.74. The van der Waals surface area contributed by atoms with Gasteiger partial charge < -0.3 is 0 Å². The number of imidazole rings is 1. The molecule has 4 rings (SSSR count). The van der Waals surface area contributed by atoms with Crippen LogP contribution in [0.2, 0.25) is 0 Å². The van der Waals surface area contributed by atoms with Crippen LogP contribution in [0.25, 0.3) is 22.7 Å². The number of pyridine rings is 1. The number of para-hydroxylation sites is 1. The zero-order chi connectivity index (χ0) is 13.4. The zero-order valence-electron chi connectivity index (χ0n) is 10.5. The first-order valence-electron chi connectivity index (χ1n) is 6.18. The van der Waals surface area contributed by atoms with Crippen LogP contribution < -0.4 is 0 Å². The highest BCUT2D eigenvalue weighted by Crippen LogP contribution is 2.17. The van der Waals surface area contributed by atoms with Gasteiger partial charge in [0, 0.05) is 24.3 Å². The summed E-state index contributed by atoms with van der Waals surface area (Å²) >= 11 is 0. The molecule has 6 heteroatoms. The summed E-state index contributed by atoms with van der Waals surface area (Å²) in [5, 5.41) is 8.27. The van der Waals surface area contributed by atoms with Crippen molar-refractivity contribution in [2.75, 3.05) is 0 Å². The van der Waals surface area contributed by atoms with Gasteiger partial charge in [0.15, 0.2) is 0 Å². The Kier molecular flexibility index (Phi) is 2.32. The van der Waals surface area contributed by atoms with E-state index in [9.17, 15) is 0 Å². The van der Waals surface area contributed by atoms with Crippen LogP contribution in [-0.4, -0.2) is 29.5 Å².